The van der Waals surface area contributed by atoms with Gasteiger partial charge >= 0.3 is 0 Å². The van der Waals surface area contributed by atoms with Crippen molar-refractivity contribution < 1.29 is 0 Å². The molecule has 1 saturated carbocycles. The van der Waals surface area contributed by atoms with Gasteiger partial charge in [-0.15, -0.1) is 0 Å². The average Bonchev–Trinajstić information content (AvgIpc) is 3.13. The minimum atomic E-state index is 0.0918. The molecule has 0 unspecified atom stereocenters. The zero-order valence-electron chi connectivity index (χ0n) is 9.40. The lowest BCUT2D eigenvalue weighted by molar-refractivity contribution is 0.578. The van der Waals surface area contributed by atoms with Crippen molar-refractivity contribution in [1.29, 1.82) is 0 Å². The molecule has 1 aliphatic carbocycles. The Bertz CT molecular complexity index is 616. The van der Waals surface area contributed by atoms with Crippen LogP contribution in [0.5, 0.6) is 0 Å². The summed E-state index contributed by atoms with van der Waals surface area (Å²) in [5, 5.41) is 0.732. The largest absolute Gasteiger partial charge is 0.299 e. The number of aryl methyl sites for hydroxylation is 1. The highest BCUT2D eigenvalue weighted by Crippen LogP contribution is 2.32. The first-order valence-electron chi connectivity index (χ1n) is 5.89. The number of halogens is 1. The number of hydrogen-bond acceptors (Lipinski definition) is 2. The van der Waals surface area contributed by atoms with Crippen molar-refractivity contribution in [2.24, 2.45) is 5.92 Å². The van der Waals surface area contributed by atoms with Crippen LogP contribution in [0.25, 0.3) is 10.9 Å². The number of benzene rings is 1. The first-order valence-corrected chi connectivity index (χ1v) is 6.96. The highest BCUT2D eigenvalue weighted by Gasteiger charge is 2.20. The minimum Gasteiger partial charge on any atom is -0.299 e. The van der Waals surface area contributed by atoms with Crippen LogP contribution in [0.3, 0.4) is 0 Å². The normalized spacial score (nSPS) is 15.4. The van der Waals surface area contributed by atoms with Gasteiger partial charge < -0.3 is 0 Å². The summed E-state index contributed by atoms with van der Waals surface area (Å²) in [7, 11) is 0. The quantitative estimate of drug-likeness (QED) is 0.806. The third kappa shape index (κ3) is 2.36. The Morgan fingerprint density at radius 2 is 2.24 bits per heavy atom. The molecule has 88 valence electrons. The lowest BCUT2D eigenvalue weighted by atomic mass is 10.2. The number of rotatable bonds is 3. The van der Waals surface area contributed by atoms with Gasteiger partial charge in [-0.25, -0.2) is 4.98 Å². The molecule has 0 spiro atoms. The molecule has 0 saturated heterocycles. The highest BCUT2D eigenvalue weighted by atomic mass is 127. The van der Waals surface area contributed by atoms with Gasteiger partial charge in [0.15, 0.2) is 0 Å². The average molecular weight is 340 g/mol. The number of aromatic nitrogens is 2. The van der Waals surface area contributed by atoms with Gasteiger partial charge in [0.05, 0.1) is 17.2 Å². The molecule has 1 heterocycles. The van der Waals surface area contributed by atoms with E-state index >= 15 is 0 Å². The van der Waals surface area contributed by atoms with Crippen molar-refractivity contribution in [3.05, 3.63) is 38.5 Å². The Morgan fingerprint density at radius 1 is 1.41 bits per heavy atom. The van der Waals surface area contributed by atoms with Crippen LogP contribution in [-0.2, 0) is 6.54 Å². The van der Waals surface area contributed by atoms with Crippen molar-refractivity contribution in [2.45, 2.75) is 25.8 Å². The van der Waals surface area contributed by atoms with Crippen molar-refractivity contribution >= 4 is 33.5 Å². The summed E-state index contributed by atoms with van der Waals surface area (Å²) in [6.07, 6.45) is 5.44. The molecule has 17 heavy (non-hydrogen) atoms. The van der Waals surface area contributed by atoms with E-state index in [4.69, 9.17) is 0 Å². The lowest BCUT2D eigenvalue weighted by Gasteiger charge is -2.06. The molecule has 1 aliphatic rings. The van der Waals surface area contributed by atoms with Crippen LogP contribution in [0.2, 0.25) is 0 Å². The Morgan fingerprint density at radius 3 is 3.00 bits per heavy atom. The van der Waals surface area contributed by atoms with Gasteiger partial charge in [-0.05, 0) is 53.1 Å². The van der Waals surface area contributed by atoms with E-state index in [-0.39, 0.29) is 5.56 Å². The number of hydrogen-bond donors (Lipinski definition) is 0. The van der Waals surface area contributed by atoms with Gasteiger partial charge in [0.25, 0.3) is 5.56 Å². The molecule has 3 rings (SSSR count). The van der Waals surface area contributed by atoms with E-state index in [2.05, 4.69) is 27.6 Å². The Labute approximate surface area is 113 Å². The monoisotopic (exact) mass is 340 g/mol. The fourth-order valence-electron chi connectivity index (χ4n) is 2.02. The fraction of sp³-hybridized carbons (Fsp3) is 0.385. The van der Waals surface area contributed by atoms with E-state index in [1.54, 1.807) is 10.9 Å². The molecule has 1 aromatic carbocycles. The zero-order valence-corrected chi connectivity index (χ0v) is 11.6. The highest BCUT2D eigenvalue weighted by molar-refractivity contribution is 14.1. The first-order chi connectivity index (χ1) is 8.24. The van der Waals surface area contributed by atoms with Crippen LogP contribution in [0, 0.1) is 9.49 Å². The van der Waals surface area contributed by atoms with Crippen LogP contribution in [0.15, 0.2) is 29.3 Å². The molecule has 0 radical (unpaired) electrons. The predicted octanol–water partition coefficient (Wildman–Crippen LogP) is 2.80. The first kappa shape index (κ1) is 11.2. The Kier molecular flexibility index (Phi) is 2.90. The van der Waals surface area contributed by atoms with Gasteiger partial charge in [-0.2, -0.15) is 0 Å². The maximum Gasteiger partial charge on any atom is 0.261 e. The zero-order chi connectivity index (χ0) is 11.8. The summed E-state index contributed by atoms with van der Waals surface area (Å²) < 4.78 is 2.82. The second-order valence-electron chi connectivity index (χ2n) is 4.64. The van der Waals surface area contributed by atoms with E-state index in [0.717, 1.165) is 33.4 Å². The lowest BCUT2D eigenvalue weighted by Crippen LogP contribution is -2.21. The molecule has 0 atom stereocenters. The SMILES string of the molecule is O=c1c2cc(I)ccc2ncn1CCC1CC1. The Hall–Kier alpha value is -0.910. The summed E-state index contributed by atoms with van der Waals surface area (Å²) in [5.41, 5.74) is 0.882. The van der Waals surface area contributed by atoms with E-state index < -0.39 is 0 Å². The van der Waals surface area contributed by atoms with E-state index in [0.29, 0.717) is 0 Å². The maximum atomic E-state index is 12.2. The Balaban J connectivity index is 2.01. The van der Waals surface area contributed by atoms with Crippen molar-refractivity contribution in [2.75, 3.05) is 0 Å². The van der Waals surface area contributed by atoms with Gasteiger partial charge in [0, 0.05) is 10.1 Å². The smallest absolute Gasteiger partial charge is 0.261 e. The van der Waals surface area contributed by atoms with Crippen LogP contribution in [0.1, 0.15) is 19.3 Å². The summed E-state index contributed by atoms with van der Waals surface area (Å²) in [6, 6.07) is 5.80. The predicted molar refractivity (Wildman–Crippen MR) is 76.1 cm³/mol. The molecule has 0 N–H and O–H groups in total. The summed E-state index contributed by atoms with van der Waals surface area (Å²) in [6.45, 7) is 0.803. The summed E-state index contributed by atoms with van der Waals surface area (Å²) in [5.74, 6) is 0.841. The summed E-state index contributed by atoms with van der Waals surface area (Å²) in [4.78, 5) is 16.6. The molecule has 1 aromatic heterocycles. The van der Waals surface area contributed by atoms with E-state index in [1.807, 2.05) is 18.2 Å². The van der Waals surface area contributed by atoms with E-state index in [9.17, 15) is 4.79 Å². The third-order valence-corrected chi connectivity index (χ3v) is 3.93. The van der Waals surface area contributed by atoms with Gasteiger partial charge in [-0.1, -0.05) is 12.8 Å². The van der Waals surface area contributed by atoms with E-state index in [1.165, 1.54) is 12.8 Å². The van der Waals surface area contributed by atoms with Crippen LogP contribution < -0.4 is 5.56 Å². The number of nitrogens with zero attached hydrogens (tertiary/aromatic N) is 2. The van der Waals surface area contributed by atoms with Crippen LogP contribution >= 0.6 is 22.6 Å². The van der Waals surface area contributed by atoms with Gasteiger partial charge in [0.1, 0.15) is 0 Å². The van der Waals surface area contributed by atoms with Crippen LogP contribution in [-0.4, -0.2) is 9.55 Å². The molecule has 4 heteroatoms. The number of fused-ring (bicyclic) bond motifs is 1. The second-order valence-corrected chi connectivity index (χ2v) is 5.88. The van der Waals surface area contributed by atoms with Crippen molar-refractivity contribution in [3.63, 3.8) is 0 Å². The van der Waals surface area contributed by atoms with Gasteiger partial charge in [-0.3, -0.25) is 9.36 Å². The topological polar surface area (TPSA) is 34.9 Å². The van der Waals surface area contributed by atoms with Crippen molar-refractivity contribution in [3.8, 4) is 0 Å². The van der Waals surface area contributed by atoms with Gasteiger partial charge in [0.2, 0.25) is 0 Å². The second kappa shape index (κ2) is 4.40. The fourth-order valence-corrected chi connectivity index (χ4v) is 2.51. The maximum absolute atomic E-state index is 12.2. The molecule has 3 nitrogen and oxygen atoms in total. The third-order valence-electron chi connectivity index (χ3n) is 3.26. The molecular formula is C13H13IN2O. The molecule has 2 aromatic rings. The molecular weight excluding hydrogens is 327 g/mol. The molecule has 0 amide bonds. The summed E-state index contributed by atoms with van der Waals surface area (Å²) >= 11 is 2.22. The molecule has 1 fully saturated rings. The standard InChI is InChI=1S/C13H13IN2O/c14-10-3-4-12-11(7-10)13(17)16(8-15-12)6-5-9-1-2-9/h3-4,7-9H,1-2,5-6H2. The minimum absolute atomic E-state index is 0.0918. The molecule has 0 aliphatic heterocycles. The molecule has 0 bridgehead atoms. The van der Waals surface area contributed by atoms with Crippen molar-refractivity contribution in [1.82, 2.24) is 9.55 Å². The van der Waals surface area contributed by atoms with Crippen LogP contribution in [0.4, 0.5) is 0 Å².